The third-order valence-electron chi connectivity index (χ3n) is 4.43. The fourth-order valence-electron chi connectivity index (χ4n) is 2.84. The molecule has 0 unspecified atom stereocenters. The van der Waals surface area contributed by atoms with E-state index >= 15 is 0 Å². The van der Waals surface area contributed by atoms with Crippen molar-refractivity contribution in [3.8, 4) is 0 Å². The van der Waals surface area contributed by atoms with Gasteiger partial charge >= 0.3 is 0 Å². The van der Waals surface area contributed by atoms with Gasteiger partial charge in [-0.3, -0.25) is 9.59 Å². The Morgan fingerprint density at radius 3 is 2.04 bits per heavy atom. The van der Waals surface area contributed by atoms with Gasteiger partial charge in [-0.25, -0.2) is 13.2 Å². The monoisotopic (exact) mass is 378 g/mol. The van der Waals surface area contributed by atoms with Gasteiger partial charge in [-0.15, -0.1) is 12.4 Å². The summed E-state index contributed by atoms with van der Waals surface area (Å²) in [5, 5.41) is 0. The highest BCUT2D eigenvalue weighted by Crippen LogP contribution is 2.26. The highest BCUT2D eigenvalue weighted by Gasteiger charge is 2.33. The molecule has 2 rings (SSSR count). The van der Waals surface area contributed by atoms with Crippen molar-refractivity contribution in [1.82, 2.24) is 4.90 Å². The van der Waals surface area contributed by atoms with E-state index in [2.05, 4.69) is 0 Å². The van der Waals surface area contributed by atoms with Crippen molar-refractivity contribution in [2.45, 2.75) is 32.7 Å². The van der Waals surface area contributed by atoms with E-state index in [9.17, 15) is 22.8 Å². The van der Waals surface area contributed by atoms with E-state index in [0.29, 0.717) is 38.1 Å². The molecule has 1 heterocycles. The van der Waals surface area contributed by atoms with Crippen LogP contribution < -0.4 is 5.73 Å². The Morgan fingerprint density at radius 1 is 1.12 bits per heavy atom. The van der Waals surface area contributed by atoms with Crippen molar-refractivity contribution >= 4 is 24.1 Å². The Labute approximate surface area is 151 Å². The lowest BCUT2D eigenvalue weighted by Gasteiger charge is -2.33. The minimum Gasteiger partial charge on any atom is -0.341 e. The Morgan fingerprint density at radius 2 is 1.60 bits per heavy atom. The smallest absolute Gasteiger partial charge is 0.239 e. The second-order valence-electron chi connectivity index (χ2n) is 6.48. The number of nitrogens with two attached hydrogens (primary N) is 1. The average Bonchev–Trinajstić information content (AvgIpc) is 2.52. The van der Waals surface area contributed by atoms with Crippen molar-refractivity contribution in [2.75, 3.05) is 13.1 Å². The molecule has 0 aliphatic carbocycles. The van der Waals surface area contributed by atoms with Gasteiger partial charge in [0.2, 0.25) is 5.91 Å². The van der Waals surface area contributed by atoms with Gasteiger partial charge in [-0.1, -0.05) is 13.8 Å². The molecule has 4 nitrogen and oxygen atoms in total. The van der Waals surface area contributed by atoms with E-state index < -0.39 is 40.8 Å². The lowest BCUT2D eigenvalue weighted by Crippen LogP contribution is -2.49. The van der Waals surface area contributed by atoms with Gasteiger partial charge in [0.15, 0.2) is 5.78 Å². The molecule has 140 valence electrons. The maximum Gasteiger partial charge on any atom is 0.239 e. The number of carbonyl (C=O) groups is 2. The number of rotatable bonds is 4. The van der Waals surface area contributed by atoms with Crippen LogP contribution in [0, 0.1) is 29.3 Å². The molecule has 2 N–H and O–H groups in total. The van der Waals surface area contributed by atoms with Crippen LogP contribution in [0.4, 0.5) is 13.2 Å². The van der Waals surface area contributed by atoms with Crippen LogP contribution in [0.2, 0.25) is 0 Å². The molecule has 0 radical (unpaired) electrons. The van der Waals surface area contributed by atoms with E-state index in [1.165, 1.54) is 0 Å². The molecule has 0 bridgehead atoms. The number of piperidine rings is 1. The lowest BCUT2D eigenvalue weighted by molar-refractivity contribution is -0.134. The molecular formula is C17H22ClF3N2O2. The summed E-state index contributed by atoms with van der Waals surface area (Å²) in [6.07, 6.45) is 0.595. The number of benzene rings is 1. The summed E-state index contributed by atoms with van der Waals surface area (Å²) in [7, 11) is 0. The predicted molar refractivity (Wildman–Crippen MR) is 90.0 cm³/mol. The molecule has 1 atom stereocenters. The van der Waals surface area contributed by atoms with Gasteiger partial charge < -0.3 is 10.6 Å². The molecule has 0 saturated carbocycles. The predicted octanol–water partition coefficient (Wildman–Crippen LogP) is 2.93. The van der Waals surface area contributed by atoms with Gasteiger partial charge in [0, 0.05) is 31.1 Å². The van der Waals surface area contributed by atoms with Crippen molar-refractivity contribution in [3.05, 3.63) is 35.1 Å². The van der Waals surface area contributed by atoms with Crippen LogP contribution in [0.1, 0.15) is 37.0 Å². The maximum atomic E-state index is 13.7. The summed E-state index contributed by atoms with van der Waals surface area (Å²) in [6.45, 7) is 4.30. The first-order valence-electron chi connectivity index (χ1n) is 7.95. The van der Waals surface area contributed by atoms with Crippen LogP contribution in [0.5, 0.6) is 0 Å². The van der Waals surface area contributed by atoms with E-state index in [-0.39, 0.29) is 24.2 Å². The molecule has 0 aromatic heterocycles. The van der Waals surface area contributed by atoms with Crippen LogP contribution in [-0.4, -0.2) is 35.7 Å². The number of halogens is 4. The SMILES string of the molecule is CC(C)[C@H](N)C(=O)N1CCC(C(=O)c2c(F)cc(F)cc2F)CC1.Cl. The Balaban J connectivity index is 0.00000312. The van der Waals surface area contributed by atoms with E-state index in [1.54, 1.807) is 4.90 Å². The van der Waals surface area contributed by atoms with Crippen molar-refractivity contribution < 1.29 is 22.8 Å². The van der Waals surface area contributed by atoms with Crippen LogP contribution in [0.3, 0.4) is 0 Å². The van der Waals surface area contributed by atoms with Crippen molar-refractivity contribution in [1.29, 1.82) is 0 Å². The third kappa shape index (κ3) is 4.73. The third-order valence-corrected chi connectivity index (χ3v) is 4.43. The maximum absolute atomic E-state index is 13.7. The fraction of sp³-hybridized carbons (Fsp3) is 0.529. The molecule has 0 spiro atoms. The molecule has 1 fully saturated rings. The molecule has 1 aliphatic rings. The minimum atomic E-state index is -1.20. The summed E-state index contributed by atoms with van der Waals surface area (Å²) in [4.78, 5) is 26.1. The molecular weight excluding hydrogens is 357 g/mol. The number of hydrogen-bond acceptors (Lipinski definition) is 3. The summed E-state index contributed by atoms with van der Waals surface area (Å²) in [5.41, 5.74) is 5.13. The van der Waals surface area contributed by atoms with Gasteiger partial charge in [0.1, 0.15) is 17.5 Å². The zero-order valence-corrected chi connectivity index (χ0v) is 14.9. The Bertz CT molecular complexity index is 624. The second kappa shape index (κ2) is 8.67. The Kier molecular flexibility index (Phi) is 7.44. The summed E-state index contributed by atoms with van der Waals surface area (Å²) >= 11 is 0. The summed E-state index contributed by atoms with van der Waals surface area (Å²) in [6, 6.07) is 0.386. The number of ketones is 1. The van der Waals surface area contributed by atoms with Gasteiger partial charge in [-0.2, -0.15) is 0 Å². The summed E-state index contributed by atoms with van der Waals surface area (Å²) in [5.74, 6) is -4.93. The van der Waals surface area contributed by atoms with Crippen molar-refractivity contribution in [2.24, 2.45) is 17.6 Å². The molecule has 8 heteroatoms. The van der Waals surface area contributed by atoms with Crippen LogP contribution in [0.25, 0.3) is 0 Å². The van der Waals surface area contributed by atoms with E-state index in [4.69, 9.17) is 5.73 Å². The summed E-state index contributed by atoms with van der Waals surface area (Å²) < 4.78 is 40.4. The number of hydrogen-bond donors (Lipinski definition) is 1. The number of Topliss-reactive ketones (excluding diaryl/α,β-unsaturated/α-hetero) is 1. The molecule has 1 aromatic rings. The second-order valence-corrected chi connectivity index (χ2v) is 6.48. The molecule has 1 amide bonds. The largest absolute Gasteiger partial charge is 0.341 e. The highest BCUT2D eigenvalue weighted by molar-refractivity contribution is 5.98. The molecule has 1 saturated heterocycles. The minimum absolute atomic E-state index is 0. The van der Waals surface area contributed by atoms with E-state index in [0.717, 1.165) is 0 Å². The molecule has 25 heavy (non-hydrogen) atoms. The van der Waals surface area contributed by atoms with Crippen LogP contribution >= 0.6 is 12.4 Å². The van der Waals surface area contributed by atoms with Gasteiger partial charge in [0.05, 0.1) is 11.6 Å². The lowest BCUT2D eigenvalue weighted by atomic mass is 9.88. The first-order valence-corrected chi connectivity index (χ1v) is 7.95. The Hall–Kier alpha value is -1.60. The first kappa shape index (κ1) is 21.4. The number of amides is 1. The topological polar surface area (TPSA) is 63.4 Å². The van der Waals surface area contributed by atoms with Gasteiger partial charge in [-0.05, 0) is 18.8 Å². The van der Waals surface area contributed by atoms with Crippen LogP contribution in [-0.2, 0) is 4.79 Å². The zero-order valence-electron chi connectivity index (χ0n) is 14.1. The number of likely N-dealkylation sites (tertiary alicyclic amines) is 1. The molecule has 1 aromatic carbocycles. The van der Waals surface area contributed by atoms with E-state index in [1.807, 2.05) is 13.8 Å². The molecule has 1 aliphatic heterocycles. The normalized spacial score (nSPS) is 16.5. The highest BCUT2D eigenvalue weighted by atomic mass is 35.5. The quantitative estimate of drug-likeness (QED) is 0.819. The van der Waals surface area contributed by atoms with Crippen molar-refractivity contribution in [3.63, 3.8) is 0 Å². The number of nitrogens with zero attached hydrogens (tertiary/aromatic N) is 1. The zero-order chi connectivity index (χ0) is 18.0. The first-order chi connectivity index (χ1) is 11.2. The van der Waals surface area contributed by atoms with Gasteiger partial charge in [0.25, 0.3) is 0 Å². The fourth-order valence-corrected chi connectivity index (χ4v) is 2.84. The average molecular weight is 379 g/mol. The van der Waals surface area contributed by atoms with Crippen LogP contribution in [0.15, 0.2) is 12.1 Å². The number of carbonyl (C=O) groups excluding carboxylic acids is 2. The standard InChI is InChI=1S/C17H21F3N2O2.ClH/c1-9(2)15(21)17(24)22-5-3-10(4-6-22)16(23)14-12(19)7-11(18)8-13(14)20;/h7-10,15H,3-6,21H2,1-2H3;1H/t15-;/m0./s1.